The van der Waals surface area contributed by atoms with Crippen molar-refractivity contribution in [2.75, 3.05) is 25.1 Å². The molecule has 0 bridgehead atoms. The zero-order valence-corrected chi connectivity index (χ0v) is 12.7. The van der Waals surface area contributed by atoms with Crippen LogP contribution in [0.2, 0.25) is 0 Å². The predicted octanol–water partition coefficient (Wildman–Crippen LogP) is 4.06. The highest BCUT2D eigenvalue weighted by Crippen LogP contribution is 2.39. The van der Waals surface area contributed by atoms with E-state index in [-0.39, 0.29) is 0 Å². The van der Waals surface area contributed by atoms with Crippen LogP contribution in [0.25, 0.3) is 10.2 Å². The maximum atomic E-state index is 5.39. The molecule has 96 valence electrons. The number of rotatable bonds is 2. The molecule has 3 rings (SSSR count). The van der Waals surface area contributed by atoms with Crippen molar-refractivity contribution in [1.29, 1.82) is 0 Å². The average Bonchev–Trinajstić information content (AvgIpc) is 2.86. The van der Waals surface area contributed by atoms with Gasteiger partial charge in [-0.2, -0.15) is 0 Å². The summed E-state index contributed by atoms with van der Waals surface area (Å²) >= 11 is 5.34. The van der Waals surface area contributed by atoms with Crippen LogP contribution in [0.5, 0.6) is 5.75 Å². The number of anilines is 1. The van der Waals surface area contributed by atoms with E-state index in [2.05, 4.69) is 20.8 Å². The number of aromatic nitrogens is 1. The molecule has 0 aliphatic carbocycles. The first kappa shape index (κ1) is 12.2. The fourth-order valence-corrected chi connectivity index (χ4v) is 3.93. The quantitative estimate of drug-likeness (QED) is 0.832. The summed E-state index contributed by atoms with van der Waals surface area (Å²) < 4.78 is 7.66. The molecule has 3 nitrogen and oxygen atoms in total. The zero-order valence-electron chi connectivity index (χ0n) is 10.3. The van der Waals surface area contributed by atoms with E-state index in [0.29, 0.717) is 0 Å². The van der Waals surface area contributed by atoms with Crippen LogP contribution in [0.15, 0.2) is 16.6 Å². The highest BCUT2D eigenvalue weighted by atomic mass is 79.9. The zero-order chi connectivity index (χ0) is 12.5. The number of piperidine rings is 1. The molecule has 2 heterocycles. The summed E-state index contributed by atoms with van der Waals surface area (Å²) in [7, 11) is 1.70. The van der Waals surface area contributed by atoms with E-state index in [1.165, 1.54) is 24.0 Å². The lowest BCUT2D eigenvalue weighted by atomic mass is 10.1. The molecule has 1 saturated heterocycles. The van der Waals surface area contributed by atoms with Crippen molar-refractivity contribution in [3.63, 3.8) is 0 Å². The molecule has 0 atom stereocenters. The number of hydrogen-bond acceptors (Lipinski definition) is 4. The molecule has 1 aromatic heterocycles. The molecule has 1 fully saturated rings. The van der Waals surface area contributed by atoms with E-state index in [1.807, 2.05) is 12.1 Å². The highest BCUT2D eigenvalue weighted by Gasteiger charge is 2.18. The van der Waals surface area contributed by atoms with Gasteiger partial charge in [0.2, 0.25) is 0 Å². The van der Waals surface area contributed by atoms with Gasteiger partial charge in [-0.05, 0) is 47.3 Å². The van der Waals surface area contributed by atoms with Crippen LogP contribution < -0.4 is 9.64 Å². The maximum absolute atomic E-state index is 5.39. The number of ether oxygens (including phenoxy) is 1. The van der Waals surface area contributed by atoms with E-state index >= 15 is 0 Å². The summed E-state index contributed by atoms with van der Waals surface area (Å²) in [6, 6.07) is 3.99. The van der Waals surface area contributed by atoms with Gasteiger partial charge in [0.25, 0.3) is 0 Å². The molecule has 0 saturated carbocycles. The van der Waals surface area contributed by atoms with E-state index in [0.717, 1.165) is 34.0 Å². The second kappa shape index (κ2) is 5.05. The molecule has 1 aliphatic rings. The summed E-state index contributed by atoms with van der Waals surface area (Å²) in [4.78, 5) is 7.15. The third-order valence-corrected chi connectivity index (χ3v) is 5.37. The Morgan fingerprint density at radius 2 is 2.06 bits per heavy atom. The van der Waals surface area contributed by atoms with Crippen molar-refractivity contribution in [2.24, 2.45) is 0 Å². The van der Waals surface area contributed by atoms with Crippen molar-refractivity contribution in [3.05, 3.63) is 16.6 Å². The van der Waals surface area contributed by atoms with E-state index in [1.54, 1.807) is 18.4 Å². The maximum Gasteiger partial charge on any atom is 0.186 e. The third kappa shape index (κ3) is 2.10. The fourth-order valence-electron chi connectivity index (χ4n) is 2.33. The summed E-state index contributed by atoms with van der Waals surface area (Å²) in [5.41, 5.74) is 0.970. The molecular weight excluding hydrogens is 312 g/mol. The number of benzene rings is 1. The van der Waals surface area contributed by atoms with E-state index in [9.17, 15) is 0 Å². The SMILES string of the molecule is COc1ccc(Br)c2sc(N3CCCCC3)nc12. The Bertz CT molecular complexity index is 563. The smallest absolute Gasteiger partial charge is 0.186 e. The summed E-state index contributed by atoms with van der Waals surface area (Å²) in [5.74, 6) is 0.854. The first-order valence-corrected chi connectivity index (χ1v) is 7.78. The van der Waals surface area contributed by atoms with Gasteiger partial charge in [-0.3, -0.25) is 0 Å². The van der Waals surface area contributed by atoms with Gasteiger partial charge in [0, 0.05) is 17.6 Å². The van der Waals surface area contributed by atoms with Gasteiger partial charge < -0.3 is 9.64 Å². The normalized spacial score (nSPS) is 16.2. The molecule has 0 radical (unpaired) electrons. The van der Waals surface area contributed by atoms with Gasteiger partial charge in [-0.1, -0.05) is 11.3 Å². The minimum Gasteiger partial charge on any atom is -0.494 e. The summed E-state index contributed by atoms with van der Waals surface area (Å²) in [6.07, 6.45) is 3.89. The Morgan fingerprint density at radius 1 is 1.28 bits per heavy atom. The van der Waals surface area contributed by atoms with Gasteiger partial charge in [-0.25, -0.2) is 4.98 Å². The summed E-state index contributed by atoms with van der Waals surface area (Å²) in [6.45, 7) is 2.25. The fraction of sp³-hybridized carbons (Fsp3) is 0.462. The van der Waals surface area contributed by atoms with Gasteiger partial charge >= 0.3 is 0 Å². The van der Waals surface area contributed by atoms with Crippen molar-refractivity contribution < 1.29 is 4.74 Å². The van der Waals surface area contributed by atoms with Crippen LogP contribution in [0.3, 0.4) is 0 Å². The van der Waals surface area contributed by atoms with Gasteiger partial charge in [0.1, 0.15) is 11.3 Å². The molecular formula is C13H15BrN2OS. The second-order valence-corrected chi connectivity index (χ2v) is 6.30. The monoisotopic (exact) mass is 326 g/mol. The number of hydrogen-bond donors (Lipinski definition) is 0. The van der Waals surface area contributed by atoms with E-state index < -0.39 is 0 Å². The largest absolute Gasteiger partial charge is 0.494 e. The van der Waals surface area contributed by atoms with Crippen LogP contribution in [-0.4, -0.2) is 25.2 Å². The van der Waals surface area contributed by atoms with Crippen LogP contribution in [0, 0.1) is 0 Å². The Morgan fingerprint density at radius 3 is 2.78 bits per heavy atom. The molecule has 2 aromatic rings. The van der Waals surface area contributed by atoms with Crippen molar-refractivity contribution in [2.45, 2.75) is 19.3 Å². The topological polar surface area (TPSA) is 25.4 Å². The molecule has 0 N–H and O–H groups in total. The van der Waals surface area contributed by atoms with E-state index in [4.69, 9.17) is 9.72 Å². The molecule has 1 aliphatic heterocycles. The minimum absolute atomic E-state index is 0.854. The molecule has 18 heavy (non-hydrogen) atoms. The summed E-state index contributed by atoms with van der Waals surface area (Å²) in [5, 5.41) is 1.12. The van der Waals surface area contributed by atoms with Gasteiger partial charge in [0.05, 0.1) is 11.8 Å². The molecule has 5 heteroatoms. The standard InChI is InChI=1S/C13H15BrN2OS/c1-17-10-6-5-9(14)12-11(10)15-13(18-12)16-7-3-2-4-8-16/h5-6H,2-4,7-8H2,1H3. The van der Waals surface area contributed by atoms with Gasteiger partial charge in [0.15, 0.2) is 5.13 Å². The second-order valence-electron chi connectivity index (χ2n) is 4.47. The number of halogens is 1. The first-order valence-electron chi connectivity index (χ1n) is 6.17. The number of methoxy groups -OCH3 is 1. The highest BCUT2D eigenvalue weighted by molar-refractivity contribution is 9.10. The molecule has 0 spiro atoms. The van der Waals surface area contributed by atoms with Crippen molar-refractivity contribution >= 4 is 42.6 Å². The average molecular weight is 327 g/mol. The number of nitrogens with zero attached hydrogens (tertiary/aromatic N) is 2. The Hall–Kier alpha value is -0.810. The molecule has 1 aromatic carbocycles. The minimum atomic E-state index is 0.854. The molecule has 0 unspecified atom stereocenters. The lowest BCUT2D eigenvalue weighted by Gasteiger charge is -2.25. The Balaban J connectivity index is 2.06. The molecule has 0 amide bonds. The number of thiazole rings is 1. The van der Waals surface area contributed by atoms with Crippen molar-refractivity contribution in [1.82, 2.24) is 4.98 Å². The van der Waals surface area contributed by atoms with Crippen LogP contribution in [-0.2, 0) is 0 Å². The lowest BCUT2D eigenvalue weighted by molar-refractivity contribution is 0.419. The van der Waals surface area contributed by atoms with Crippen LogP contribution in [0.4, 0.5) is 5.13 Å². The Kier molecular flexibility index (Phi) is 3.43. The van der Waals surface area contributed by atoms with Crippen molar-refractivity contribution in [3.8, 4) is 5.75 Å². The van der Waals surface area contributed by atoms with Gasteiger partial charge in [-0.15, -0.1) is 0 Å². The number of fused-ring (bicyclic) bond motifs is 1. The van der Waals surface area contributed by atoms with Crippen LogP contribution >= 0.6 is 27.3 Å². The Labute approximate surface area is 119 Å². The first-order chi connectivity index (χ1) is 8.79. The predicted molar refractivity (Wildman–Crippen MR) is 79.9 cm³/mol. The lowest BCUT2D eigenvalue weighted by Crippen LogP contribution is -2.29. The third-order valence-electron chi connectivity index (χ3n) is 3.29. The van der Waals surface area contributed by atoms with Crippen LogP contribution in [0.1, 0.15) is 19.3 Å².